The number of benzene rings is 1. The predicted octanol–water partition coefficient (Wildman–Crippen LogP) is 5.53. The van der Waals surface area contributed by atoms with E-state index >= 15 is 0 Å². The summed E-state index contributed by atoms with van der Waals surface area (Å²) < 4.78 is 5.90. The third-order valence-electron chi connectivity index (χ3n) is 4.45. The first-order valence-electron chi connectivity index (χ1n) is 8.64. The third-order valence-corrected chi connectivity index (χ3v) is 4.45. The van der Waals surface area contributed by atoms with Crippen LogP contribution in [0.5, 0.6) is 5.75 Å². The standard InChI is InChI=1S/C20H30O2/c1-14(2)22-18-12-11-16(20(3,4)5)13-17(18)19(21)15-9-7-6-8-10-15/h11-15H,6-10H2,1-5H3. The fourth-order valence-corrected chi connectivity index (χ4v) is 3.13. The smallest absolute Gasteiger partial charge is 0.169 e. The van der Waals surface area contributed by atoms with Crippen molar-refractivity contribution in [3.8, 4) is 5.75 Å². The Kier molecular flexibility index (Phi) is 5.31. The van der Waals surface area contributed by atoms with Crippen LogP contribution in [0, 0.1) is 5.92 Å². The summed E-state index contributed by atoms with van der Waals surface area (Å²) in [6, 6.07) is 6.14. The fourth-order valence-electron chi connectivity index (χ4n) is 3.13. The molecule has 0 aromatic heterocycles. The molecule has 0 amide bonds. The molecule has 0 saturated heterocycles. The van der Waals surface area contributed by atoms with Crippen LogP contribution >= 0.6 is 0 Å². The Morgan fingerprint density at radius 2 is 1.77 bits per heavy atom. The van der Waals surface area contributed by atoms with Crippen LogP contribution in [0.25, 0.3) is 0 Å². The van der Waals surface area contributed by atoms with Crippen LogP contribution in [0.2, 0.25) is 0 Å². The fraction of sp³-hybridized carbons (Fsp3) is 0.650. The lowest BCUT2D eigenvalue weighted by atomic mass is 9.81. The van der Waals surface area contributed by atoms with Crippen molar-refractivity contribution in [2.24, 2.45) is 5.92 Å². The minimum Gasteiger partial charge on any atom is -0.490 e. The van der Waals surface area contributed by atoms with E-state index in [-0.39, 0.29) is 23.2 Å². The Morgan fingerprint density at radius 3 is 2.32 bits per heavy atom. The van der Waals surface area contributed by atoms with E-state index in [4.69, 9.17) is 4.74 Å². The van der Waals surface area contributed by atoms with Crippen molar-refractivity contribution in [2.45, 2.75) is 78.2 Å². The van der Waals surface area contributed by atoms with Gasteiger partial charge in [0.05, 0.1) is 11.7 Å². The average molecular weight is 302 g/mol. The predicted molar refractivity (Wildman–Crippen MR) is 91.8 cm³/mol. The maximum atomic E-state index is 13.0. The van der Waals surface area contributed by atoms with Gasteiger partial charge in [-0.1, -0.05) is 46.1 Å². The van der Waals surface area contributed by atoms with Crippen molar-refractivity contribution >= 4 is 5.78 Å². The molecule has 1 fully saturated rings. The molecular formula is C20H30O2. The summed E-state index contributed by atoms with van der Waals surface area (Å²) in [5.41, 5.74) is 2.02. The van der Waals surface area contributed by atoms with Crippen LogP contribution in [0.3, 0.4) is 0 Å². The first-order chi connectivity index (χ1) is 10.3. The summed E-state index contributed by atoms with van der Waals surface area (Å²) in [4.78, 5) is 13.0. The summed E-state index contributed by atoms with van der Waals surface area (Å²) in [6.07, 6.45) is 5.75. The van der Waals surface area contributed by atoms with Crippen LogP contribution in [0.4, 0.5) is 0 Å². The molecule has 22 heavy (non-hydrogen) atoms. The quantitative estimate of drug-likeness (QED) is 0.683. The summed E-state index contributed by atoms with van der Waals surface area (Å²) in [5.74, 6) is 1.21. The topological polar surface area (TPSA) is 26.3 Å². The van der Waals surface area contributed by atoms with E-state index in [2.05, 4.69) is 32.9 Å². The average Bonchev–Trinajstić information content (AvgIpc) is 2.46. The zero-order valence-electron chi connectivity index (χ0n) is 14.7. The lowest BCUT2D eigenvalue weighted by molar-refractivity contribution is 0.0883. The van der Waals surface area contributed by atoms with Crippen LogP contribution in [0.15, 0.2) is 18.2 Å². The molecule has 0 bridgehead atoms. The number of hydrogen-bond acceptors (Lipinski definition) is 2. The van der Waals surface area contributed by atoms with Crippen molar-refractivity contribution in [2.75, 3.05) is 0 Å². The van der Waals surface area contributed by atoms with E-state index in [0.29, 0.717) is 0 Å². The summed E-state index contributed by atoms with van der Waals surface area (Å²) >= 11 is 0. The van der Waals surface area contributed by atoms with Gasteiger partial charge in [-0.2, -0.15) is 0 Å². The number of carbonyl (C=O) groups is 1. The second kappa shape index (κ2) is 6.85. The van der Waals surface area contributed by atoms with Crippen molar-refractivity contribution in [1.82, 2.24) is 0 Å². The highest BCUT2D eigenvalue weighted by Crippen LogP contribution is 2.33. The highest BCUT2D eigenvalue weighted by molar-refractivity contribution is 6.00. The Hall–Kier alpha value is -1.31. The highest BCUT2D eigenvalue weighted by Gasteiger charge is 2.26. The second-order valence-corrected chi connectivity index (χ2v) is 7.83. The van der Waals surface area contributed by atoms with Gasteiger partial charge >= 0.3 is 0 Å². The largest absolute Gasteiger partial charge is 0.490 e. The van der Waals surface area contributed by atoms with Gasteiger partial charge in [-0.3, -0.25) is 4.79 Å². The zero-order chi connectivity index (χ0) is 16.3. The van der Waals surface area contributed by atoms with Gasteiger partial charge in [-0.05, 0) is 49.8 Å². The molecule has 0 atom stereocenters. The molecule has 0 spiro atoms. The van der Waals surface area contributed by atoms with Crippen molar-refractivity contribution < 1.29 is 9.53 Å². The van der Waals surface area contributed by atoms with Gasteiger partial charge < -0.3 is 4.74 Å². The van der Waals surface area contributed by atoms with Crippen LogP contribution in [-0.4, -0.2) is 11.9 Å². The number of ether oxygens (including phenoxy) is 1. The molecule has 2 heteroatoms. The van der Waals surface area contributed by atoms with E-state index in [9.17, 15) is 4.79 Å². The lowest BCUT2D eigenvalue weighted by Gasteiger charge is -2.25. The lowest BCUT2D eigenvalue weighted by Crippen LogP contribution is -2.21. The van der Waals surface area contributed by atoms with Gasteiger partial charge in [0.1, 0.15) is 5.75 Å². The molecule has 1 aromatic rings. The minimum absolute atomic E-state index is 0.0396. The maximum Gasteiger partial charge on any atom is 0.169 e. The number of rotatable bonds is 4. The van der Waals surface area contributed by atoms with Gasteiger partial charge in [0.25, 0.3) is 0 Å². The summed E-state index contributed by atoms with van der Waals surface area (Å²) in [7, 11) is 0. The van der Waals surface area contributed by atoms with Gasteiger partial charge in [-0.15, -0.1) is 0 Å². The molecule has 0 radical (unpaired) electrons. The number of hydrogen-bond donors (Lipinski definition) is 0. The van der Waals surface area contributed by atoms with Crippen molar-refractivity contribution in [3.63, 3.8) is 0 Å². The molecule has 1 aliphatic rings. The molecule has 1 aromatic carbocycles. The Bertz CT molecular complexity index is 517. The van der Waals surface area contributed by atoms with Gasteiger partial charge in [0.15, 0.2) is 5.78 Å². The monoisotopic (exact) mass is 302 g/mol. The molecule has 122 valence electrons. The van der Waals surface area contributed by atoms with Crippen LogP contribution < -0.4 is 4.74 Å². The van der Waals surface area contributed by atoms with Gasteiger partial charge in [0.2, 0.25) is 0 Å². The van der Waals surface area contributed by atoms with E-state index in [0.717, 1.165) is 24.2 Å². The molecule has 2 nitrogen and oxygen atoms in total. The SMILES string of the molecule is CC(C)Oc1ccc(C(C)(C)C)cc1C(=O)C1CCCCC1. The number of Topliss-reactive ketones (excluding diaryl/α,β-unsaturated/α-hetero) is 1. The van der Waals surface area contributed by atoms with Crippen molar-refractivity contribution in [1.29, 1.82) is 0 Å². The highest BCUT2D eigenvalue weighted by atomic mass is 16.5. The molecule has 0 aliphatic heterocycles. The zero-order valence-corrected chi connectivity index (χ0v) is 14.7. The molecule has 1 saturated carbocycles. The Labute approximate surface area is 135 Å². The molecule has 0 unspecified atom stereocenters. The molecule has 2 rings (SSSR count). The molecule has 1 aliphatic carbocycles. The minimum atomic E-state index is 0.0396. The maximum absolute atomic E-state index is 13.0. The van der Waals surface area contributed by atoms with Gasteiger partial charge in [-0.25, -0.2) is 0 Å². The summed E-state index contributed by atoms with van der Waals surface area (Å²) in [5, 5.41) is 0. The summed E-state index contributed by atoms with van der Waals surface area (Å²) in [6.45, 7) is 10.6. The number of ketones is 1. The van der Waals surface area contributed by atoms with E-state index in [1.54, 1.807) is 0 Å². The second-order valence-electron chi connectivity index (χ2n) is 7.83. The molecule has 0 N–H and O–H groups in total. The first kappa shape index (κ1) is 17.1. The van der Waals surface area contributed by atoms with E-state index in [1.165, 1.54) is 24.8 Å². The Balaban J connectivity index is 2.37. The van der Waals surface area contributed by atoms with E-state index < -0.39 is 0 Å². The normalized spacial score (nSPS) is 16.8. The Morgan fingerprint density at radius 1 is 1.14 bits per heavy atom. The van der Waals surface area contributed by atoms with Crippen molar-refractivity contribution in [3.05, 3.63) is 29.3 Å². The van der Waals surface area contributed by atoms with Crippen LogP contribution in [0.1, 0.15) is 82.6 Å². The third kappa shape index (κ3) is 4.12. The first-order valence-corrected chi connectivity index (χ1v) is 8.64. The van der Waals surface area contributed by atoms with Crippen LogP contribution in [-0.2, 0) is 5.41 Å². The molecular weight excluding hydrogens is 272 g/mol. The van der Waals surface area contributed by atoms with Gasteiger partial charge in [0, 0.05) is 5.92 Å². The molecule has 0 heterocycles. The number of carbonyl (C=O) groups excluding carboxylic acids is 1. The van der Waals surface area contributed by atoms with E-state index in [1.807, 2.05) is 19.9 Å².